The molecule has 0 fully saturated rings. The molecule has 11 aromatic rings. The van der Waals surface area contributed by atoms with Gasteiger partial charge in [0.15, 0.2) is 5.82 Å². The van der Waals surface area contributed by atoms with Crippen molar-refractivity contribution >= 4 is 17.1 Å². The Morgan fingerprint density at radius 1 is 0.265 bits per heavy atom. The lowest BCUT2D eigenvalue weighted by Crippen LogP contribution is -2.36. The molecule has 1 aromatic heterocycles. The van der Waals surface area contributed by atoms with Gasteiger partial charge in [0, 0.05) is 22.4 Å². The Bertz CT molecular complexity index is 3530. The zero-order valence-electron chi connectivity index (χ0n) is 37.2. The monoisotopic (exact) mass is 865 g/mol. The number of para-hydroxylation sites is 3. The zero-order valence-corrected chi connectivity index (χ0v) is 37.2. The van der Waals surface area contributed by atoms with Gasteiger partial charge in [-0.05, 0) is 115 Å². The van der Waals surface area contributed by atoms with E-state index in [9.17, 15) is 0 Å². The van der Waals surface area contributed by atoms with Gasteiger partial charge in [-0.15, -0.1) is 0 Å². The number of nitrogens with zero attached hydrogens (tertiary/aromatic N) is 3. The first kappa shape index (κ1) is 39.4. The van der Waals surface area contributed by atoms with Gasteiger partial charge in [0.1, 0.15) is 0 Å². The number of aromatic nitrogens is 2. The van der Waals surface area contributed by atoms with Crippen molar-refractivity contribution in [3.8, 4) is 78.4 Å². The number of fused-ring (bicyclic) bond motifs is 9. The van der Waals surface area contributed by atoms with E-state index in [0.717, 1.165) is 56.0 Å². The van der Waals surface area contributed by atoms with Crippen LogP contribution in [0.2, 0.25) is 0 Å². The second-order valence-electron chi connectivity index (χ2n) is 17.7. The number of hydrogen-bond acceptors (Lipinski definition) is 3. The van der Waals surface area contributed by atoms with E-state index < -0.39 is 5.41 Å². The van der Waals surface area contributed by atoms with Crippen LogP contribution in [0.1, 0.15) is 22.3 Å². The molecule has 1 spiro atoms. The zero-order chi connectivity index (χ0) is 45.0. The van der Waals surface area contributed by atoms with Gasteiger partial charge in [-0.25, -0.2) is 9.97 Å². The van der Waals surface area contributed by atoms with Crippen molar-refractivity contribution in [1.29, 1.82) is 0 Å². The Morgan fingerprint density at radius 3 is 1.26 bits per heavy atom. The standard InChI is InChI=1S/C65H43N3/c1-4-18-44(19-5-1)48-22-16-24-51(40-48)60-43-61(52-25-17-23-49(41-52)45-20-6-2-7-21-45)67-64(66-60)47-36-34-46(35-37-47)50-38-39-55-54-28-10-11-29-56(54)65(59(55)42-50)57-30-12-14-32-62(57)68(53-26-8-3-9-27-53)63-33-15-13-31-58(63)65/h1-43H. The lowest BCUT2D eigenvalue weighted by atomic mass is 9.64. The molecule has 0 saturated heterocycles. The van der Waals surface area contributed by atoms with Crippen molar-refractivity contribution in [3.05, 3.63) is 283 Å². The summed E-state index contributed by atoms with van der Waals surface area (Å²) in [4.78, 5) is 13.0. The minimum Gasteiger partial charge on any atom is -0.310 e. The molecule has 1 aliphatic heterocycles. The third-order valence-electron chi connectivity index (χ3n) is 13.9. The van der Waals surface area contributed by atoms with E-state index in [4.69, 9.17) is 9.97 Å². The lowest BCUT2D eigenvalue weighted by molar-refractivity contribution is 0.753. The fourth-order valence-corrected chi connectivity index (χ4v) is 10.8. The Labute approximate surface area is 397 Å². The minimum atomic E-state index is -0.527. The van der Waals surface area contributed by atoms with Crippen LogP contribution in [-0.4, -0.2) is 9.97 Å². The summed E-state index contributed by atoms with van der Waals surface area (Å²) >= 11 is 0. The molecule has 2 heterocycles. The molecule has 1 aliphatic carbocycles. The smallest absolute Gasteiger partial charge is 0.160 e. The maximum atomic E-state index is 5.30. The van der Waals surface area contributed by atoms with Crippen molar-refractivity contribution in [1.82, 2.24) is 9.97 Å². The highest BCUT2D eigenvalue weighted by molar-refractivity contribution is 5.96. The third-order valence-corrected chi connectivity index (χ3v) is 13.9. The van der Waals surface area contributed by atoms with E-state index in [1.807, 2.05) is 0 Å². The van der Waals surface area contributed by atoms with Crippen LogP contribution in [0.5, 0.6) is 0 Å². The van der Waals surface area contributed by atoms with Gasteiger partial charge in [0.2, 0.25) is 0 Å². The number of hydrogen-bond donors (Lipinski definition) is 0. The maximum Gasteiger partial charge on any atom is 0.160 e. The van der Waals surface area contributed by atoms with E-state index in [2.05, 4.69) is 266 Å². The molecular formula is C65H43N3. The molecule has 0 unspecified atom stereocenters. The van der Waals surface area contributed by atoms with Crippen molar-refractivity contribution < 1.29 is 0 Å². The summed E-state index contributed by atoms with van der Waals surface area (Å²) in [6, 6.07) is 94.1. The minimum absolute atomic E-state index is 0.527. The molecule has 318 valence electrons. The quantitative estimate of drug-likeness (QED) is 0.160. The highest BCUT2D eigenvalue weighted by Gasteiger charge is 2.51. The van der Waals surface area contributed by atoms with Gasteiger partial charge >= 0.3 is 0 Å². The van der Waals surface area contributed by atoms with Crippen LogP contribution in [0.15, 0.2) is 261 Å². The van der Waals surface area contributed by atoms with Gasteiger partial charge in [0.25, 0.3) is 0 Å². The molecular weight excluding hydrogens is 823 g/mol. The summed E-state index contributed by atoms with van der Waals surface area (Å²) in [7, 11) is 0. The van der Waals surface area contributed by atoms with Gasteiger partial charge in [0.05, 0.1) is 28.2 Å². The van der Waals surface area contributed by atoms with Crippen LogP contribution < -0.4 is 4.90 Å². The van der Waals surface area contributed by atoms with Crippen LogP contribution in [0.3, 0.4) is 0 Å². The molecule has 3 nitrogen and oxygen atoms in total. The summed E-state index contributed by atoms with van der Waals surface area (Å²) < 4.78 is 0. The van der Waals surface area contributed by atoms with E-state index in [-0.39, 0.29) is 0 Å². The SMILES string of the molecule is c1ccc(-c2cccc(-c3cc(-c4cccc(-c5ccccc5)c4)nc(-c4ccc(-c5ccc6c(c5)C5(c7ccccc7-6)c6ccccc6N(c6ccccc6)c6ccccc65)cc4)n3)c2)cc1. The summed E-state index contributed by atoms with van der Waals surface area (Å²) in [6.07, 6.45) is 0. The average molecular weight is 866 g/mol. The molecule has 0 atom stereocenters. The Balaban J connectivity index is 0.935. The predicted octanol–water partition coefficient (Wildman–Crippen LogP) is 16.6. The summed E-state index contributed by atoms with van der Waals surface area (Å²) in [6.45, 7) is 0. The topological polar surface area (TPSA) is 29.0 Å². The van der Waals surface area contributed by atoms with E-state index in [0.29, 0.717) is 5.82 Å². The summed E-state index contributed by atoms with van der Waals surface area (Å²) in [5.41, 5.74) is 22.4. The molecule has 13 rings (SSSR count). The largest absolute Gasteiger partial charge is 0.310 e. The van der Waals surface area contributed by atoms with Crippen LogP contribution in [0.4, 0.5) is 17.1 Å². The van der Waals surface area contributed by atoms with Gasteiger partial charge < -0.3 is 4.90 Å². The summed E-state index contributed by atoms with van der Waals surface area (Å²) in [5, 5.41) is 0. The van der Waals surface area contributed by atoms with E-state index in [1.54, 1.807) is 0 Å². The fraction of sp³-hybridized carbons (Fsp3) is 0.0154. The first-order valence-corrected chi connectivity index (χ1v) is 23.3. The average Bonchev–Trinajstić information content (AvgIpc) is 3.71. The Hall–Kier alpha value is -8.92. The second kappa shape index (κ2) is 16.2. The molecule has 0 N–H and O–H groups in total. The molecule has 0 radical (unpaired) electrons. The van der Waals surface area contributed by atoms with Crippen LogP contribution in [-0.2, 0) is 5.41 Å². The van der Waals surface area contributed by atoms with Crippen LogP contribution >= 0.6 is 0 Å². The van der Waals surface area contributed by atoms with Crippen LogP contribution in [0, 0.1) is 0 Å². The highest BCUT2D eigenvalue weighted by atomic mass is 15.2. The predicted molar refractivity (Wildman–Crippen MR) is 280 cm³/mol. The second-order valence-corrected chi connectivity index (χ2v) is 17.7. The van der Waals surface area contributed by atoms with Crippen molar-refractivity contribution in [2.24, 2.45) is 0 Å². The van der Waals surface area contributed by atoms with Gasteiger partial charge in [-0.2, -0.15) is 0 Å². The van der Waals surface area contributed by atoms with E-state index in [1.165, 1.54) is 55.9 Å². The molecule has 0 bridgehead atoms. The molecule has 68 heavy (non-hydrogen) atoms. The molecule has 3 heteroatoms. The summed E-state index contributed by atoms with van der Waals surface area (Å²) in [5.74, 6) is 0.682. The molecule has 0 amide bonds. The van der Waals surface area contributed by atoms with Crippen molar-refractivity contribution in [3.63, 3.8) is 0 Å². The number of anilines is 3. The first-order valence-electron chi connectivity index (χ1n) is 23.3. The highest BCUT2D eigenvalue weighted by Crippen LogP contribution is 2.63. The Kier molecular flexibility index (Phi) is 9.40. The van der Waals surface area contributed by atoms with Gasteiger partial charge in [-0.1, -0.05) is 212 Å². The third kappa shape index (κ3) is 6.43. The van der Waals surface area contributed by atoms with Crippen molar-refractivity contribution in [2.45, 2.75) is 5.41 Å². The van der Waals surface area contributed by atoms with Crippen LogP contribution in [0.25, 0.3) is 78.4 Å². The fourth-order valence-electron chi connectivity index (χ4n) is 10.8. The van der Waals surface area contributed by atoms with Crippen molar-refractivity contribution in [2.75, 3.05) is 4.90 Å². The number of rotatable bonds is 7. The first-order chi connectivity index (χ1) is 33.7. The van der Waals surface area contributed by atoms with Gasteiger partial charge in [-0.3, -0.25) is 0 Å². The molecule has 0 saturated carbocycles. The molecule has 10 aromatic carbocycles. The maximum absolute atomic E-state index is 5.30. The normalized spacial score (nSPS) is 12.8. The lowest BCUT2D eigenvalue weighted by Gasteiger charge is -2.45. The Morgan fingerprint density at radius 2 is 0.676 bits per heavy atom. The number of benzene rings is 10. The molecule has 2 aliphatic rings. The van der Waals surface area contributed by atoms with E-state index >= 15 is 0 Å².